The molecule has 0 saturated carbocycles. The summed E-state index contributed by atoms with van der Waals surface area (Å²) in [4.78, 5) is 12.6. The molecule has 0 unspecified atom stereocenters. The summed E-state index contributed by atoms with van der Waals surface area (Å²) in [5.74, 6) is 1.77. The fourth-order valence-electron chi connectivity index (χ4n) is 2.44. The predicted molar refractivity (Wildman–Crippen MR) is 83.9 cm³/mol. The minimum atomic E-state index is 0.101. The predicted octanol–water partition coefficient (Wildman–Crippen LogP) is 2.37. The van der Waals surface area contributed by atoms with E-state index in [1.165, 1.54) is 0 Å². The van der Waals surface area contributed by atoms with E-state index in [-0.39, 0.29) is 6.10 Å². The number of methoxy groups -OCH3 is 1. The standard InChI is InChI=1S/C15H19N3O2S/c1-11-8-14(17-15(16-11)13-4-3-7-21-13)18-5-6-20-12(9-18)10-19-2/h3-4,7-8,12H,5-6,9-10H2,1-2H3/t12-/m1/s1. The Kier molecular flexibility index (Phi) is 4.48. The van der Waals surface area contributed by atoms with Crippen LogP contribution in [0.25, 0.3) is 10.7 Å². The SMILES string of the molecule is COC[C@H]1CN(c2cc(C)nc(-c3cccs3)n2)CCO1. The van der Waals surface area contributed by atoms with E-state index in [4.69, 9.17) is 14.5 Å². The van der Waals surface area contributed by atoms with Crippen LogP contribution >= 0.6 is 11.3 Å². The largest absolute Gasteiger partial charge is 0.382 e. The van der Waals surface area contributed by atoms with Crippen molar-refractivity contribution in [2.45, 2.75) is 13.0 Å². The van der Waals surface area contributed by atoms with Crippen molar-refractivity contribution >= 4 is 17.2 Å². The number of anilines is 1. The molecule has 0 radical (unpaired) electrons. The van der Waals surface area contributed by atoms with Gasteiger partial charge in [0.15, 0.2) is 5.82 Å². The molecule has 1 aliphatic rings. The first-order chi connectivity index (χ1) is 10.3. The van der Waals surface area contributed by atoms with Crippen LogP contribution in [0.5, 0.6) is 0 Å². The van der Waals surface area contributed by atoms with Crippen LogP contribution in [0.2, 0.25) is 0 Å². The lowest BCUT2D eigenvalue weighted by Crippen LogP contribution is -2.44. The molecule has 1 fully saturated rings. The van der Waals surface area contributed by atoms with E-state index >= 15 is 0 Å². The number of nitrogens with zero attached hydrogens (tertiary/aromatic N) is 3. The Morgan fingerprint density at radius 3 is 3.14 bits per heavy atom. The molecule has 21 heavy (non-hydrogen) atoms. The first-order valence-corrected chi connectivity index (χ1v) is 7.89. The van der Waals surface area contributed by atoms with E-state index in [1.54, 1.807) is 18.4 Å². The summed E-state index contributed by atoms with van der Waals surface area (Å²) in [5.41, 5.74) is 0.984. The molecule has 3 heterocycles. The van der Waals surface area contributed by atoms with E-state index in [2.05, 4.69) is 16.0 Å². The molecule has 1 saturated heterocycles. The molecule has 2 aromatic heterocycles. The minimum absolute atomic E-state index is 0.101. The fourth-order valence-corrected chi connectivity index (χ4v) is 3.10. The average Bonchev–Trinajstić information content (AvgIpc) is 3.01. The van der Waals surface area contributed by atoms with E-state index in [9.17, 15) is 0 Å². The number of hydrogen-bond donors (Lipinski definition) is 0. The van der Waals surface area contributed by atoms with Gasteiger partial charge in [-0.1, -0.05) is 6.07 Å². The van der Waals surface area contributed by atoms with E-state index in [1.807, 2.05) is 24.4 Å². The molecule has 1 atom stereocenters. The third-order valence-corrected chi connectivity index (χ3v) is 4.26. The summed E-state index contributed by atoms with van der Waals surface area (Å²) >= 11 is 1.66. The number of aromatic nitrogens is 2. The highest BCUT2D eigenvalue weighted by atomic mass is 32.1. The summed E-state index contributed by atoms with van der Waals surface area (Å²) in [5, 5.41) is 2.05. The first-order valence-electron chi connectivity index (χ1n) is 7.01. The number of hydrogen-bond acceptors (Lipinski definition) is 6. The maximum absolute atomic E-state index is 5.69. The zero-order valence-corrected chi connectivity index (χ0v) is 13.1. The van der Waals surface area contributed by atoms with E-state index in [0.29, 0.717) is 13.2 Å². The van der Waals surface area contributed by atoms with Crippen LogP contribution in [0.15, 0.2) is 23.6 Å². The fraction of sp³-hybridized carbons (Fsp3) is 0.467. The molecule has 0 N–H and O–H groups in total. The van der Waals surface area contributed by atoms with Gasteiger partial charge in [-0.3, -0.25) is 0 Å². The van der Waals surface area contributed by atoms with E-state index in [0.717, 1.165) is 35.3 Å². The molecule has 0 aliphatic carbocycles. The summed E-state index contributed by atoms with van der Waals surface area (Å²) in [6, 6.07) is 6.11. The number of aryl methyl sites for hydroxylation is 1. The second-order valence-corrected chi connectivity index (χ2v) is 6.01. The average molecular weight is 305 g/mol. The highest BCUT2D eigenvalue weighted by Gasteiger charge is 2.22. The van der Waals surface area contributed by atoms with Gasteiger partial charge in [0, 0.05) is 32.0 Å². The summed E-state index contributed by atoms with van der Waals surface area (Å²) in [6.45, 7) is 4.97. The van der Waals surface area contributed by atoms with Gasteiger partial charge < -0.3 is 14.4 Å². The number of morpholine rings is 1. The molecular formula is C15H19N3O2S. The highest BCUT2D eigenvalue weighted by molar-refractivity contribution is 7.13. The Labute approximate surface area is 128 Å². The second-order valence-electron chi connectivity index (χ2n) is 5.06. The quantitative estimate of drug-likeness (QED) is 0.868. The summed E-state index contributed by atoms with van der Waals surface area (Å²) < 4.78 is 10.9. The van der Waals surface area contributed by atoms with Gasteiger partial charge in [0.1, 0.15) is 5.82 Å². The first kappa shape index (κ1) is 14.4. The Hall–Kier alpha value is -1.50. The zero-order valence-electron chi connectivity index (χ0n) is 12.3. The van der Waals surface area contributed by atoms with Gasteiger partial charge in [-0.05, 0) is 18.4 Å². The molecule has 1 aliphatic heterocycles. The number of ether oxygens (including phenoxy) is 2. The molecular weight excluding hydrogens is 286 g/mol. The monoisotopic (exact) mass is 305 g/mol. The van der Waals surface area contributed by atoms with Crippen LogP contribution in [0.3, 0.4) is 0 Å². The Bertz CT molecular complexity index is 587. The molecule has 0 aromatic carbocycles. The van der Waals surface area contributed by atoms with Gasteiger partial charge in [0.2, 0.25) is 0 Å². The lowest BCUT2D eigenvalue weighted by molar-refractivity contribution is -0.0102. The molecule has 0 spiro atoms. The summed E-state index contributed by atoms with van der Waals surface area (Å²) in [6.07, 6.45) is 0.101. The third kappa shape index (κ3) is 3.40. The van der Waals surface area contributed by atoms with Crippen LogP contribution in [0.4, 0.5) is 5.82 Å². The zero-order chi connectivity index (χ0) is 14.7. The molecule has 112 valence electrons. The van der Waals surface area contributed by atoms with Crippen LogP contribution in [-0.4, -0.2) is 49.5 Å². The lowest BCUT2D eigenvalue weighted by Gasteiger charge is -2.33. The second kappa shape index (κ2) is 6.51. The van der Waals surface area contributed by atoms with Gasteiger partial charge in [-0.25, -0.2) is 9.97 Å². The van der Waals surface area contributed by atoms with Crippen LogP contribution in [0, 0.1) is 6.92 Å². The number of rotatable bonds is 4. The Balaban J connectivity index is 1.84. The maximum Gasteiger partial charge on any atom is 0.171 e. The molecule has 0 amide bonds. The Morgan fingerprint density at radius 1 is 1.48 bits per heavy atom. The van der Waals surface area contributed by atoms with Crippen molar-refractivity contribution in [2.75, 3.05) is 38.3 Å². The van der Waals surface area contributed by atoms with Gasteiger partial charge in [0.05, 0.1) is 24.2 Å². The van der Waals surface area contributed by atoms with Crippen molar-refractivity contribution in [1.82, 2.24) is 9.97 Å². The van der Waals surface area contributed by atoms with Crippen molar-refractivity contribution < 1.29 is 9.47 Å². The minimum Gasteiger partial charge on any atom is -0.382 e. The Morgan fingerprint density at radius 2 is 2.38 bits per heavy atom. The van der Waals surface area contributed by atoms with Crippen molar-refractivity contribution in [2.24, 2.45) is 0 Å². The van der Waals surface area contributed by atoms with Crippen molar-refractivity contribution in [3.05, 3.63) is 29.3 Å². The molecule has 2 aromatic rings. The van der Waals surface area contributed by atoms with Crippen LogP contribution in [-0.2, 0) is 9.47 Å². The topological polar surface area (TPSA) is 47.5 Å². The van der Waals surface area contributed by atoms with Crippen molar-refractivity contribution in [1.29, 1.82) is 0 Å². The lowest BCUT2D eigenvalue weighted by atomic mass is 10.2. The van der Waals surface area contributed by atoms with E-state index < -0.39 is 0 Å². The normalized spacial score (nSPS) is 19.0. The number of thiophene rings is 1. The van der Waals surface area contributed by atoms with Crippen LogP contribution < -0.4 is 4.90 Å². The maximum atomic E-state index is 5.69. The van der Waals surface area contributed by atoms with Gasteiger partial charge >= 0.3 is 0 Å². The highest BCUT2D eigenvalue weighted by Crippen LogP contribution is 2.25. The van der Waals surface area contributed by atoms with Gasteiger partial charge in [-0.2, -0.15) is 0 Å². The molecule has 6 heteroatoms. The molecule has 5 nitrogen and oxygen atoms in total. The van der Waals surface area contributed by atoms with Crippen molar-refractivity contribution in [3.8, 4) is 10.7 Å². The van der Waals surface area contributed by atoms with Crippen molar-refractivity contribution in [3.63, 3.8) is 0 Å². The van der Waals surface area contributed by atoms with Gasteiger partial charge in [-0.15, -0.1) is 11.3 Å². The molecule has 0 bridgehead atoms. The van der Waals surface area contributed by atoms with Crippen LogP contribution in [0.1, 0.15) is 5.69 Å². The van der Waals surface area contributed by atoms with Gasteiger partial charge in [0.25, 0.3) is 0 Å². The summed E-state index contributed by atoms with van der Waals surface area (Å²) in [7, 11) is 1.70. The smallest absolute Gasteiger partial charge is 0.171 e. The third-order valence-electron chi connectivity index (χ3n) is 3.40. The molecule has 3 rings (SSSR count).